The molecule has 0 amide bonds. The standard InChI is InChI=1S/C12H7Cl2NO2S/c13-7-1-4-11(15-6-7)18-8-2-3-9(12(16)17)10(14)5-8/h1-6H,(H,16,17). The number of carboxylic acids is 1. The lowest BCUT2D eigenvalue weighted by molar-refractivity contribution is 0.0697. The van der Waals surface area contributed by atoms with E-state index in [0.29, 0.717) is 5.02 Å². The molecule has 1 aromatic carbocycles. The average molecular weight is 300 g/mol. The molecular formula is C12H7Cl2NO2S. The molecule has 2 rings (SSSR count). The summed E-state index contributed by atoms with van der Waals surface area (Å²) < 4.78 is 0. The Bertz CT molecular complexity index is 587. The van der Waals surface area contributed by atoms with Gasteiger partial charge in [-0.15, -0.1) is 0 Å². The number of rotatable bonds is 3. The second-order valence-electron chi connectivity index (χ2n) is 3.36. The van der Waals surface area contributed by atoms with E-state index in [-0.39, 0.29) is 10.6 Å². The fraction of sp³-hybridized carbons (Fsp3) is 0. The molecule has 3 nitrogen and oxygen atoms in total. The van der Waals surface area contributed by atoms with Gasteiger partial charge in [-0.2, -0.15) is 0 Å². The quantitative estimate of drug-likeness (QED) is 0.921. The van der Waals surface area contributed by atoms with Crippen LogP contribution in [0.2, 0.25) is 10.0 Å². The number of hydrogen-bond donors (Lipinski definition) is 1. The first-order valence-electron chi connectivity index (χ1n) is 4.88. The fourth-order valence-corrected chi connectivity index (χ4v) is 2.51. The van der Waals surface area contributed by atoms with Crippen LogP contribution in [0.25, 0.3) is 0 Å². The molecule has 1 aromatic heterocycles. The van der Waals surface area contributed by atoms with Gasteiger partial charge in [-0.1, -0.05) is 35.0 Å². The van der Waals surface area contributed by atoms with Gasteiger partial charge < -0.3 is 5.11 Å². The van der Waals surface area contributed by atoms with Crippen molar-refractivity contribution in [1.29, 1.82) is 0 Å². The first-order chi connectivity index (χ1) is 8.56. The van der Waals surface area contributed by atoms with Gasteiger partial charge in [0, 0.05) is 11.1 Å². The first kappa shape index (κ1) is 13.2. The third-order valence-electron chi connectivity index (χ3n) is 2.09. The molecule has 0 fully saturated rings. The molecule has 0 aliphatic rings. The monoisotopic (exact) mass is 299 g/mol. The predicted molar refractivity (Wildman–Crippen MR) is 71.8 cm³/mol. The molecule has 0 bridgehead atoms. The molecule has 0 saturated carbocycles. The largest absolute Gasteiger partial charge is 0.478 e. The number of nitrogens with zero attached hydrogens (tertiary/aromatic N) is 1. The predicted octanol–water partition coefficient (Wildman–Crippen LogP) is 4.24. The van der Waals surface area contributed by atoms with Crippen molar-refractivity contribution in [3.05, 3.63) is 52.1 Å². The fourth-order valence-electron chi connectivity index (χ4n) is 1.28. The van der Waals surface area contributed by atoms with E-state index in [4.69, 9.17) is 28.3 Å². The Morgan fingerprint density at radius 2 is 2.00 bits per heavy atom. The second-order valence-corrected chi connectivity index (χ2v) is 5.30. The van der Waals surface area contributed by atoms with Crippen molar-refractivity contribution in [3.8, 4) is 0 Å². The van der Waals surface area contributed by atoms with Crippen molar-refractivity contribution in [3.63, 3.8) is 0 Å². The Hall–Kier alpha value is -1.23. The molecule has 0 aliphatic heterocycles. The lowest BCUT2D eigenvalue weighted by Gasteiger charge is -2.03. The van der Waals surface area contributed by atoms with Gasteiger partial charge in [-0.3, -0.25) is 0 Å². The van der Waals surface area contributed by atoms with Crippen LogP contribution in [0, 0.1) is 0 Å². The van der Waals surface area contributed by atoms with E-state index in [2.05, 4.69) is 4.98 Å². The van der Waals surface area contributed by atoms with Crippen LogP contribution >= 0.6 is 35.0 Å². The van der Waals surface area contributed by atoms with Gasteiger partial charge in [0.2, 0.25) is 0 Å². The van der Waals surface area contributed by atoms with Gasteiger partial charge in [0.25, 0.3) is 0 Å². The number of hydrogen-bond acceptors (Lipinski definition) is 3. The smallest absolute Gasteiger partial charge is 0.337 e. The molecule has 2 aromatic rings. The zero-order valence-corrected chi connectivity index (χ0v) is 11.3. The highest BCUT2D eigenvalue weighted by Gasteiger charge is 2.09. The molecule has 0 radical (unpaired) electrons. The highest BCUT2D eigenvalue weighted by molar-refractivity contribution is 7.99. The Morgan fingerprint density at radius 3 is 2.56 bits per heavy atom. The average Bonchev–Trinajstić information content (AvgIpc) is 2.32. The molecule has 0 saturated heterocycles. The Balaban J connectivity index is 2.22. The SMILES string of the molecule is O=C(O)c1ccc(Sc2ccc(Cl)cn2)cc1Cl. The first-order valence-corrected chi connectivity index (χ1v) is 6.46. The topological polar surface area (TPSA) is 50.2 Å². The molecule has 1 N–H and O–H groups in total. The molecule has 92 valence electrons. The Morgan fingerprint density at radius 1 is 1.22 bits per heavy atom. The molecule has 0 unspecified atom stereocenters. The summed E-state index contributed by atoms with van der Waals surface area (Å²) in [4.78, 5) is 15.8. The zero-order valence-electron chi connectivity index (χ0n) is 8.93. The van der Waals surface area contributed by atoms with Crippen LogP contribution < -0.4 is 0 Å². The van der Waals surface area contributed by atoms with Crippen molar-refractivity contribution < 1.29 is 9.90 Å². The van der Waals surface area contributed by atoms with E-state index in [1.165, 1.54) is 17.8 Å². The van der Waals surface area contributed by atoms with Crippen molar-refractivity contribution in [2.45, 2.75) is 9.92 Å². The minimum Gasteiger partial charge on any atom is -0.478 e. The van der Waals surface area contributed by atoms with Crippen LogP contribution in [-0.4, -0.2) is 16.1 Å². The summed E-state index contributed by atoms with van der Waals surface area (Å²) in [5, 5.41) is 10.4. The summed E-state index contributed by atoms with van der Waals surface area (Å²) in [7, 11) is 0. The maximum Gasteiger partial charge on any atom is 0.337 e. The number of carboxylic acid groups (broad SMARTS) is 1. The van der Waals surface area contributed by atoms with Gasteiger partial charge in [0.15, 0.2) is 0 Å². The number of halogens is 2. The third kappa shape index (κ3) is 3.16. The van der Waals surface area contributed by atoms with Crippen LogP contribution in [0.1, 0.15) is 10.4 Å². The summed E-state index contributed by atoms with van der Waals surface area (Å²) in [5.74, 6) is -1.04. The summed E-state index contributed by atoms with van der Waals surface area (Å²) in [6.45, 7) is 0. The minimum absolute atomic E-state index is 0.0880. The van der Waals surface area contributed by atoms with Crippen LogP contribution in [0.3, 0.4) is 0 Å². The Labute approximate surface area is 118 Å². The molecular weight excluding hydrogens is 293 g/mol. The molecule has 1 heterocycles. The van der Waals surface area contributed by atoms with Crippen molar-refractivity contribution in [2.24, 2.45) is 0 Å². The van der Waals surface area contributed by atoms with E-state index in [1.807, 2.05) is 0 Å². The molecule has 0 aliphatic carbocycles. The number of benzene rings is 1. The van der Waals surface area contributed by atoms with E-state index in [1.54, 1.807) is 30.5 Å². The van der Waals surface area contributed by atoms with Crippen LogP contribution in [-0.2, 0) is 0 Å². The number of aromatic carboxylic acids is 1. The second kappa shape index (κ2) is 5.61. The normalized spacial score (nSPS) is 10.3. The van der Waals surface area contributed by atoms with Crippen LogP contribution in [0.4, 0.5) is 0 Å². The highest BCUT2D eigenvalue weighted by Crippen LogP contribution is 2.30. The summed E-state index contributed by atoms with van der Waals surface area (Å²) in [5.41, 5.74) is 0.0880. The van der Waals surface area contributed by atoms with Crippen molar-refractivity contribution in [2.75, 3.05) is 0 Å². The number of aromatic nitrogens is 1. The molecule has 0 spiro atoms. The summed E-state index contributed by atoms with van der Waals surface area (Å²) >= 11 is 13.0. The lowest BCUT2D eigenvalue weighted by atomic mass is 10.2. The third-order valence-corrected chi connectivity index (χ3v) is 3.57. The summed E-state index contributed by atoms with van der Waals surface area (Å²) in [6.07, 6.45) is 1.55. The maximum atomic E-state index is 10.8. The minimum atomic E-state index is -1.04. The van der Waals surface area contributed by atoms with Gasteiger partial charge in [0.1, 0.15) is 5.03 Å². The maximum absolute atomic E-state index is 10.8. The van der Waals surface area contributed by atoms with Gasteiger partial charge >= 0.3 is 5.97 Å². The highest BCUT2D eigenvalue weighted by atomic mass is 35.5. The molecule has 0 atom stereocenters. The Kier molecular flexibility index (Phi) is 4.11. The van der Waals surface area contributed by atoms with E-state index in [0.717, 1.165) is 9.92 Å². The van der Waals surface area contributed by atoms with Crippen LogP contribution in [0.5, 0.6) is 0 Å². The molecule has 6 heteroatoms. The number of pyridine rings is 1. The number of carbonyl (C=O) groups is 1. The van der Waals surface area contributed by atoms with Gasteiger partial charge in [-0.25, -0.2) is 9.78 Å². The lowest BCUT2D eigenvalue weighted by Crippen LogP contribution is -1.96. The van der Waals surface area contributed by atoms with Crippen molar-refractivity contribution in [1.82, 2.24) is 4.98 Å². The molecule has 18 heavy (non-hydrogen) atoms. The summed E-state index contributed by atoms with van der Waals surface area (Å²) in [6, 6.07) is 8.29. The van der Waals surface area contributed by atoms with E-state index < -0.39 is 5.97 Å². The zero-order chi connectivity index (χ0) is 13.1. The van der Waals surface area contributed by atoms with Crippen LogP contribution in [0.15, 0.2) is 46.5 Å². The van der Waals surface area contributed by atoms with Gasteiger partial charge in [0.05, 0.1) is 15.6 Å². The van der Waals surface area contributed by atoms with Gasteiger partial charge in [-0.05, 0) is 30.3 Å². The van der Waals surface area contributed by atoms with E-state index >= 15 is 0 Å². The van der Waals surface area contributed by atoms with Crippen molar-refractivity contribution >= 4 is 40.9 Å². The van der Waals surface area contributed by atoms with E-state index in [9.17, 15) is 4.79 Å².